The van der Waals surface area contributed by atoms with E-state index in [9.17, 15) is 9.59 Å². The minimum atomic E-state index is -0.447. The molecule has 1 heterocycles. The lowest BCUT2D eigenvalue weighted by atomic mass is 9.99. The van der Waals surface area contributed by atoms with Crippen LogP contribution in [0.3, 0.4) is 0 Å². The van der Waals surface area contributed by atoms with Gasteiger partial charge in [0.05, 0.1) is 0 Å². The molecule has 0 bridgehead atoms. The van der Waals surface area contributed by atoms with E-state index in [-0.39, 0.29) is 0 Å². The van der Waals surface area contributed by atoms with Crippen LogP contribution >= 0.6 is 0 Å². The maximum Gasteiger partial charge on any atom is 0.233 e. The minimum Gasteiger partial charge on any atom is -0.340 e. The third-order valence-electron chi connectivity index (χ3n) is 5.74. The summed E-state index contributed by atoms with van der Waals surface area (Å²) in [5.74, 6) is -0.891. The van der Waals surface area contributed by atoms with Gasteiger partial charge in [0.1, 0.15) is 0 Å². The summed E-state index contributed by atoms with van der Waals surface area (Å²) in [4.78, 5) is 25.8. The normalized spacial score (nSPS) is 13.6. The fourth-order valence-electron chi connectivity index (χ4n) is 4.14. The van der Waals surface area contributed by atoms with E-state index in [0.717, 1.165) is 23.9 Å². The lowest BCUT2D eigenvalue weighted by Gasteiger charge is -2.08. The number of allylic oxidation sites excluding steroid dienone is 6. The lowest BCUT2D eigenvalue weighted by molar-refractivity contribution is -0.111. The third kappa shape index (κ3) is 3.93. The highest BCUT2D eigenvalue weighted by Crippen LogP contribution is 2.30. The average molecular weight is 398 g/mol. The molecule has 2 aromatic carbocycles. The zero-order valence-corrected chi connectivity index (χ0v) is 17.4. The number of Topliss-reactive ketones (excluding diaryl/α,β-unsaturated/α-hetero) is 2. The predicted octanol–water partition coefficient (Wildman–Crippen LogP) is 6.57. The van der Waals surface area contributed by atoms with Crippen molar-refractivity contribution in [2.24, 2.45) is 0 Å². The highest BCUT2D eigenvalue weighted by atomic mass is 16.2. The van der Waals surface area contributed by atoms with Crippen LogP contribution in [0.2, 0.25) is 0 Å². The van der Waals surface area contributed by atoms with Crippen LogP contribution in [0.5, 0.6) is 0 Å². The Morgan fingerprint density at radius 2 is 1.73 bits per heavy atom. The summed E-state index contributed by atoms with van der Waals surface area (Å²) in [6, 6.07) is 14.0. The van der Waals surface area contributed by atoms with Crippen LogP contribution in [0.25, 0.3) is 21.8 Å². The molecule has 0 saturated carbocycles. The zero-order chi connectivity index (χ0) is 20.9. The van der Waals surface area contributed by atoms with E-state index < -0.39 is 11.6 Å². The molecular weight excluding hydrogens is 370 g/mol. The summed E-state index contributed by atoms with van der Waals surface area (Å²) in [7, 11) is 0. The summed E-state index contributed by atoms with van der Waals surface area (Å²) >= 11 is 0. The van der Waals surface area contributed by atoms with Crippen LogP contribution in [-0.4, -0.2) is 16.1 Å². The summed E-state index contributed by atoms with van der Waals surface area (Å²) in [5.41, 5.74) is 3.13. The second-order valence-electron chi connectivity index (χ2n) is 7.80. The van der Waals surface area contributed by atoms with Crippen molar-refractivity contribution in [2.75, 3.05) is 0 Å². The molecule has 3 aromatic rings. The highest BCUT2D eigenvalue weighted by Gasteiger charge is 2.21. The number of aryl methyl sites for hydroxylation is 1. The van der Waals surface area contributed by atoms with Crippen molar-refractivity contribution >= 4 is 33.4 Å². The summed E-state index contributed by atoms with van der Waals surface area (Å²) in [6.07, 6.45) is 14.6. The van der Waals surface area contributed by atoms with Crippen molar-refractivity contribution in [1.29, 1.82) is 0 Å². The Hall–Kier alpha value is -3.20. The first kappa shape index (κ1) is 20.1. The Kier molecular flexibility index (Phi) is 6.08. The molecular formula is C27H27NO2. The quantitative estimate of drug-likeness (QED) is 0.245. The number of rotatable bonds is 8. The van der Waals surface area contributed by atoms with E-state index >= 15 is 0 Å². The van der Waals surface area contributed by atoms with E-state index in [4.69, 9.17) is 0 Å². The highest BCUT2D eigenvalue weighted by molar-refractivity contribution is 6.50. The van der Waals surface area contributed by atoms with Gasteiger partial charge in [-0.2, -0.15) is 0 Å². The molecule has 0 atom stereocenters. The smallest absolute Gasteiger partial charge is 0.233 e. The van der Waals surface area contributed by atoms with E-state index in [1.165, 1.54) is 30.2 Å². The number of unbranched alkanes of at least 4 members (excludes halogenated alkanes) is 3. The lowest BCUT2D eigenvalue weighted by Crippen LogP contribution is -2.15. The molecule has 0 aliphatic heterocycles. The number of fused-ring (bicyclic) bond motifs is 3. The Morgan fingerprint density at radius 3 is 2.60 bits per heavy atom. The fourth-order valence-corrected chi connectivity index (χ4v) is 4.14. The van der Waals surface area contributed by atoms with Gasteiger partial charge < -0.3 is 4.57 Å². The maximum atomic E-state index is 13.0. The molecule has 0 N–H and O–H groups in total. The zero-order valence-electron chi connectivity index (χ0n) is 17.4. The predicted molar refractivity (Wildman–Crippen MR) is 124 cm³/mol. The van der Waals surface area contributed by atoms with E-state index in [0.29, 0.717) is 17.6 Å². The van der Waals surface area contributed by atoms with Crippen LogP contribution in [-0.2, 0) is 11.3 Å². The molecule has 0 radical (unpaired) electrons. The fraction of sp³-hybridized carbons (Fsp3) is 0.259. The van der Waals surface area contributed by atoms with Gasteiger partial charge >= 0.3 is 0 Å². The molecule has 1 aromatic heterocycles. The number of hydrogen-bond acceptors (Lipinski definition) is 2. The number of aromatic nitrogens is 1. The van der Waals surface area contributed by atoms with Gasteiger partial charge in [0.25, 0.3) is 0 Å². The molecule has 4 rings (SSSR count). The number of hydrogen-bond donors (Lipinski definition) is 0. The molecule has 0 fully saturated rings. The molecule has 0 unspecified atom stereocenters. The Balaban J connectivity index is 1.72. The Morgan fingerprint density at radius 1 is 0.900 bits per heavy atom. The number of ketones is 2. The standard InChI is InChI=1S/C27H27NO2/c1-2-3-4-11-18-28-24-15-10-9-14-22(24)23-17-16-21(19-25(23)28)27(30)26(29)20-12-7-5-6-8-13-20/h5-7,9-10,12-17,19H,2-4,8,11,18H2,1H3. The molecule has 1 aliphatic rings. The SMILES string of the molecule is CCCCCCn1c2ccccc2c2ccc(C(=O)C(=O)C3=CCC=CC=C3)cc21. The average Bonchev–Trinajstić information content (AvgIpc) is 2.92. The first-order valence-electron chi connectivity index (χ1n) is 10.8. The van der Waals surface area contributed by atoms with Crippen molar-refractivity contribution in [3.63, 3.8) is 0 Å². The van der Waals surface area contributed by atoms with Gasteiger partial charge in [-0.1, -0.05) is 86.9 Å². The molecule has 3 heteroatoms. The maximum absolute atomic E-state index is 13.0. The summed E-state index contributed by atoms with van der Waals surface area (Å²) in [6.45, 7) is 3.12. The number of carbonyl (C=O) groups is 2. The number of benzene rings is 2. The minimum absolute atomic E-state index is 0.445. The van der Waals surface area contributed by atoms with Crippen molar-refractivity contribution in [3.8, 4) is 0 Å². The first-order valence-corrected chi connectivity index (χ1v) is 10.8. The van der Waals surface area contributed by atoms with Crippen LogP contribution in [0.1, 0.15) is 49.4 Å². The van der Waals surface area contributed by atoms with E-state index in [1.54, 1.807) is 18.2 Å². The number of carbonyl (C=O) groups excluding carboxylic acids is 2. The number of para-hydroxylation sites is 1. The van der Waals surface area contributed by atoms with Crippen molar-refractivity contribution in [1.82, 2.24) is 4.57 Å². The first-order chi connectivity index (χ1) is 14.7. The van der Waals surface area contributed by atoms with Gasteiger partial charge in [-0.15, -0.1) is 0 Å². The molecule has 0 amide bonds. The van der Waals surface area contributed by atoms with Crippen molar-refractivity contribution in [2.45, 2.75) is 45.6 Å². The topological polar surface area (TPSA) is 39.1 Å². The van der Waals surface area contributed by atoms with Gasteiger partial charge in [0.15, 0.2) is 0 Å². The molecule has 1 aliphatic carbocycles. The van der Waals surface area contributed by atoms with Crippen LogP contribution in [0.4, 0.5) is 0 Å². The molecule has 3 nitrogen and oxygen atoms in total. The van der Waals surface area contributed by atoms with Gasteiger partial charge in [-0.25, -0.2) is 0 Å². The van der Waals surface area contributed by atoms with Crippen molar-refractivity contribution < 1.29 is 9.59 Å². The van der Waals surface area contributed by atoms with Crippen LogP contribution in [0, 0.1) is 0 Å². The van der Waals surface area contributed by atoms with Crippen LogP contribution < -0.4 is 0 Å². The van der Waals surface area contributed by atoms with Gasteiger partial charge in [0.2, 0.25) is 11.6 Å². The molecule has 0 saturated heterocycles. The van der Waals surface area contributed by atoms with E-state index in [2.05, 4.69) is 29.7 Å². The molecule has 152 valence electrons. The Bertz CT molecular complexity index is 1190. The van der Waals surface area contributed by atoms with Gasteiger partial charge in [-0.3, -0.25) is 9.59 Å². The monoisotopic (exact) mass is 397 g/mol. The van der Waals surface area contributed by atoms with Crippen LogP contribution in [0.15, 0.2) is 78.4 Å². The second-order valence-corrected chi connectivity index (χ2v) is 7.80. The summed E-state index contributed by atoms with van der Waals surface area (Å²) in [5, 5.41) is 2.32. The second kappa shape index (κ2) is 9.08. The summed E-state index contributed by atoms with van der Waals surface area (Å²) < 4.78 is 2.30. The third-order valence-corrected chi connectivity index (χ3v) is 5.74. The Labute approximate surface area is 177 Å². The molecule has 30 heavy (non-hydrogen) atoms. The largest absolute Gasteiger partial charge is 0.340 e. The van der Waals surface area contributed by atoms with E-state index in [1.807, 2.05) is 36.4 Å². The van der Waals surface area contributed by atoms with Gasteiger partial charge in [-0.05, 0) is 25.0 Å². The van der Waals surface area contributed by atoms with Gasteiger partial charge in [0, 0.05) is 39.5 Å². The molecule has 0 spiro atoms. The number of nitrogens with zero attached hydrogens (tertiary/aromatic N) is 1. The van der Waals surface area contributed by atoms with Crippen molar-refractivity contribution in [3.05, 3.63) is 84.0 Å².